The Kier molecular flexibility index (Phi) is 6.83. The number of benzene rings is 2. The minimum absolute atomic E-state index is 0.111. The Morgan fingerprint density at radius 2 is 1.37 bits per heavy atom. The maximum atomic E-state index is 12.3. The number of rotatable bonds is 5. The minimum Gasteiger partial charge on any atom is -0.504 e. The molecule has 0 saturated heterocycles. The van der Waals surface area contributed by atoms with Gasteiger partial charge >= 0.3 is 12.1 Å². The fourth-order valence-corrected chi connectivity index (χ4v) is 2.61. The first kappa shape index (κ1) is 22.5. The molecule has 0 aromatic heterocycles. The predicted octanol–water partition coefficient (Wildman–Crippen LogP) is 2.97. The van der Waals surface area contributed by atoms with Crippen LogP contribution in [0.4, 0.5) is 21.0 Å². The first-order valence-corrected chi connectivity index (χ1v) is 8.88. The number of anilines is 2. The van der Waals surface area contributed by atoms with Crippen LogP contribution in [0.2, 0.25) is 0 Å². The topological polar surface area (TPSA) is 124 Å². The molecule has 0 heterocycles. The van der Waals surface area contributed by atoms with E-state index < -0.39 is 12.1 Å². The number of carbonyl (C=O) groups excluding carboxylic acids is 2. The van der Waals surface area contributed by atoms with Gasteiger partial charge in [0.1, 0.15) is 0 Å². The fraction of sp³-hybridized carbons (Fsp3) is 0.300. The van der Waals surface area contributed by atoms with E-state index in [2.05, 4.69) is 10.6 Å². The number of urea groups is 2. The van der Waals surface area contributed by atoms with Gasteiger partial charge in [-0.2, -0.15) is 0 Å². The molecule has 0 aliphatic rings. The zero-order valence-electron chi connectivity index (χ0n) is 17.7. The van der Waals surface area contributed by atoms with Crippen molar-refractivity contribution in [2.75, 3.05) is 53.0 Å². The Morgan fingerprint density at radius 3 is 1.87 bits per heavy atom. The first-order chi connectivity index (χ1) is 14.1. The van der Waals surface area contributed by atoms with Crippen molar-refractivity contribution in [3.8, 4) is 34.1 Å². The number of amides is 4. The Bertz CT molecular complexity index is 959. The van der Waals surface area contributed by atoms with Gasteiger partial charge in [0.15, 0.2) is 23.0 Å². The van der Waals surface area contributed by atoms with Crippen molar-refractivity contribution in [1.29, 1.82) is 0 Å². The molecule has 10 heteroatoms. The standard InChI is InChI=1S/C20H26N4O6/c1-23(2)19(27)21-12-7-8-15(29-5)18(26)17(12)11-9-16(30-6)14(25)10-13(11)22-20(28)24(3)4/h7-10,25-26H,1-6H3,(H,21,27)(H,22,28). The number of aromatic hydroxyl groups is 2. The smallest absolute Gasteiger partial charge is 0.321 e. The number of phenols is 2. The summed E-state index contributed by atoms with van der Waals surface area (Å²) in [5, 5.41) is 26.4. The molecule has 4 amide bonds. The number of nitrogens with one attached hydrogen (secondary N) is 2. The highest BCUT2D eigenvalue weighted by atomic mass is 16.5. The van der Waals surface area contributed by atoms with Gasteiger partial charge in [0.25, 0.3) is 0 Å². The molecule has 0 bridgehead atoms. The number of ether oxygens (including phenoxy) is 2. The Morgan fingerprint density at radius 1 is 0.833 bits per heavy atom. The highest BCUT2D eigenvalue weighted by molar-refractivity contribution is 6.02. The summed E-state index contributed by atoms with van der Waals surface area (Å²) in [5.41, 5.74) is 0.929. The van der Waals surface area contributed by atoms with Crippen molar-refractivity contribution in [2.45, 2.75) is 0 Å². The summed E-state index contributed by atoms with van der Waals surface area (Å²) >= 11 is 0. The maximum absolute atomic E-state index is 12.3. The summed E-state index contributed by atoms with van der Waals surface area (Å²) in [7, 11) is 9.03. The zero-order chi connectivity index (χ0) is 22.6. The highest BCUT2D eigenvalue weighted by Gasteiger charge is 2.23. The average molecular weight is 418 g/mol. The molecule has 2 aromatic rings. The third-order valence-electron chi connectivity index (χ3n) is 4.24. The third-order valence-corrected chi connectivity index (χ3v) is 4.24. The lowest BCUT2D eigenvalue weighted by atomic mass is 9.98. The van der Waals surface area contributed by atoms with Gasteiger partial charge in [0.2, 0.25) is 0 Å². The van der Waals surface area contributed by atoms with Crippen LogP contribution in [-0.4, -0.2) is 74.5 Å². The molecule has 0 fully saturated rings. The lowest BCUT2D eigenvalue weighted by Crippen LogP contribution is -2.28. The van der Waals surface area contributed by atoms with Gasteiger partial charge in [-0.05, 0) is 18.2 Å². The molecular formula is C20H26N4O6. The summed E-state index contributed by atoms with van der Waals surface area (Å²) in [6.45, 7) is 0. The van der Waals surface area contributed by atoms with Gasteiger partial charge in [-0.15, -0.1) is 0 Å². The van der Waals surface area contributed by atoms with Crippen molar-refractivity contribution in [1.82, 2.24) is 9.80 Å². The number of nitrogens with zero attached hydrogens (tertiary/aromatic N) is 2. The highest BCUT2D eigenvalue weighted by Crippen LogP contribution is 2.48. The summed E-state index contributed by atoms with van der Waals surface area (Å²) in [5.74, 6) is -0.205. The van der Waals surface area contributed by atoms with E-state index >= 15 is 0 Å². The van der Waals surface area contributed by atoms with Crippen LogP contribution in [-0.2, 0) is 0 Å². The van der Waals surface area contributed by atoms with Gasteiger partial charge in [-0.25, -0.2) is 9.59 Å². The molecule has 0 aliphatic carbocycles. The van der Waals surface area contributed by atoms with E-state index in [1.165, 1.54) is 42.2 Å². The molecule has 162 valence electrons. The van der Waals surface area contributed by atoms with Crippen molar-refractivity contribution in [3.63, 3.8) is 0 Å². The second-order valence-corrected chi connectivity index (χ2v) is 6.76. The van der Waals surface area contributed by atoms with Crippen LogP contribution in [0.15, 0.2) is 24.3 Å². The summed E-state index contributed by atoms with van der Waals surface area (Å²) in [4.78, 5) is 27.2. The molecule has 0 atom stereocenters. The van der Waals surface area contributed by atoms with Crippen molar-refractivity contribution in [2.24, 2.45) is 0 Å². The van der Waals surface area contributed by atoms with E-state index in [-0.39, 0.29) is 39.9 Å². The molecule has 0 saturated carbocycles. The average Bonchev–Trinajstić information content (AvgIpc) is 2.69. The summed E-state index contributed by atoms with van der Waals surface area (Å²) in [6, 6.07) is 4.92. The Labute approximate surface area is 174 Å². The second kappa shape index (κ2) is 9.12. The van der Waals surface area contributed by atoms with Gasteiger partial charge in [-0.1, -0.05) is 0 Å². The first-order valence-electron chi connectivity index (χ1n) is 8.88. The van der Waals surface area contributed by atoms with Gasteiger partial charge in [0.05, 0.1) is 31.2 Å². The van der Waals surface area contributed by atoms with E-state index in [1.807, 2.05) is 0 Å². The monoisotopic (exact) mass is 418 g/mol. The number of carbonyl (C=O) groups is 2. The molecule has 2 rings (SSSR count). The molecule has 2 aromatic carbocycles. The predicted molar refractivity (Wildman–Crippen MR) is 114 cm³/mol. The molecule has 4 N–H and O–H groups in total. The Balaban J connectivity index is 2.79. The van der Waals surface area contributed by atoms with E-state index in [0.717, 1.165) is 0 Å². The minimum atomic E-state index is -0.456. The Hall–Kier alpha value is -3.82. The summed E-state index contributed by atoms with van der Waals surface area (Å²) < 4.78 is 10.4. The number of phenolic OH excluding ortho intramolecular Hbond substituents is 2. The zero-order valence-corrected chi connectivity index (χ0v) is 17.7. The van der Waals surface area contributed by atoms with Crippen molar-refractivity contribution >= 4 is 23.4 Å². The quantitative estimate of drug-likeness (QED) is 0.592. The summed E-state index contributed by atoms with van der Waals surface area (Å²) in [6.07, 6.45) is 0. The van der Waals surface area contributed by atoms with Crippen LogP contribution in [0, 0.1) is 0 Å². The van der Waals surface area contributed by atoms with Gasteiger partial charge in [-0.3, -0.25) is 0 Å². The molecule has 0 radical (unpaired) electrons. The number of methoxy groups -OCH3 is 2. The van der Waals surface area contributed by atoms with Crippen LogP contribution in [0.5, 0.6) is 23.0 Å². The normalized spacial score (nSPS) is 10.2. The van der Waals surface area contributed by atoms with Crippen LogP contribution in [0.1, 0.15) is 0 Å². The molecular weight excluding hydrogens is 392 g/mol. The lowest BCUT2D eigenvalue weighted by molar-refractivity contribution is 0.230. The molecule has 0 unspecified atom stereocenters. The largest absolute Gasteiger partial charge is 0.504 e. The van der Waals surface area contributed by atoms with E-state index in [1.54, 1.807) is 34.3 Å². The van der Waals surface area contributed by atoms with E-state index in [4.69, 9.17) is 9.47 Å². The molecule has 30 heavy (non-hydrogen) atoms. The van der Waals surface area contributed by atoms with Gasteiger partial charge < -0.3 is 40.1 Å². The molecule has 0 spiro atoms. The van der Waals surface area contributed by atoms with Crippen LogP contribution >= 0.6 is 0 Å². The van der Waals surface area contributed by atoms with E-state index in [0.29, 0.717) is 5.56 Å². The SMILES string of the molecule is COc1cc(-c2c(NC(=O)N(C)C)ccc(OC)c2O)c(NC(=O)N(C)C)cc1O. The third kappa shape index (κ3) is 4.59. The maximum Gasteiger partial charge on any atom is 0.321 e. The number of hydrogen-bond donors (Lipinski definition) is 4. The molecule has 0 aliphatic heterocycles. The number of hydrogen-bond acceptors (Lipinski definition) is 6. The van der Waals surface area contributed by atoms with Crippen LogP contribution in [0.3, 0.4) is 0 Å². The van der Waals surface area contributed by atoms with Crippen molar-refractivity contribution in [3.05, 3.63) is 24.3 Å². The second-order valence-electron chi connectivity index (χ2n) is 6.76. The van der Waals surface area contributed by atoms with E-state index in [9.17, 15) is 19.8 Å². The van der Waals surface area contributed by atoms with Gasteiger partial charge in [0, 0.05) is 39.8 Å². The fourth-order valence-electron chi connectivity index (χ4n) is 2.61. The van der Waals surface area contributed by atoms with Crippen LogP contribution in [0.25, 0.3) is 11.1 Å². The lowest BCUT2D eigenvalue weighted by Gasteiger charge is -2.21. The van der Waals surface area contributed by atoms with Crippen molar-refractivity contribution < 1.29 is 29.3 Å². The molecule has 10 nitrogen and oxygen atoms in total. The van der Waals surface area contributed by atoms with Crippen LogP contribution < -0.4 is 20.1 Å².